The van der Waals surface area contributed by atoms with E-state index in [1.165, 1.54) is 25.9 Å². The molecule has 1 N–H and O–H groups in total. The maximum atomic E-state index is 12.5. The maximum Gasteiger partial charge on any atom is 0.251 e. The van der Waals surface area contributed by atoms with Gasteiger partial charge in [0.15, 0.2) is 0 Å². The molecular formula is C20H23N3O2. The molecule has 5 rings (SSSR count). The van der Waals surface area contributed by atoms with Gasteiger partial charge in [-0.1, -0.05) is 0 Å². The van der Waals surface area contributed by atoms with Crippen LogP contribution in [0.3, 0.4) is 0 Å². The minimum Gasteiger partial charge on any atom is -0.456 e. The highest BCUT2D eigenvalue weighted by Gasteiger charge is 2.34. The Kier molecular flexibility index (Phi) is 4.40. The van der Waals surface area contributed by atoms with Gasteiger partial charge in [-0.05, 0) is 75.2 Å². The number of ether oxygens (including phenoxy) is 1. The number of fused-ring (bicyclic) bond motifs is 3. The van der Waals surface area contributed by atoms with Gasteiger partial charge in [-0.15, -0.1) is 0 Å². The number of nitrogens with one attached hydrogen (secondary N) is 1. The molecule has 1 atom stereocenters. The smallest absolute Gasteiger partial charge is 0.251 e. The summed E-state index contributed by atoms with van der Waals surface area (Å²) in [5, 5.41) is 3.21. The molecule has 3 fully saturated rings. The molecule has 5 heteroatoms. The zero-order valence-electron chi connectivity index (χ0n) is 14.4. The summed E-state index contributed by atoms with van der Waals surface area (Å²) < 4.78 is 5.76. The average molecular weight is 337 g/mol. The molecule has 0 unspecified atom stereocenters. The summed E-state index contributed by atoms with van der Waals surface area (Å²) in [4.78, 5) is 19.2. The number of nitrogens with zero attached hydrogens (tertiary/aromatic N) is 2. The third kappa shape index (κ3) is 3.66. The summed E-state index contributed by atoms with van der Waals surface area (Å²) in [7, 11) is 0. The van der Waals surface area contributed by atoms with Crippen LogP contribution in [0, 0.1) is 12.8 Å². The molecular weight excluding hydrogens is 314 g/mol. The molecule has 130 valence electrons. The predicted octanol–water partition coefficient (Wildman–Crippen LogP) is 3.01. The molecule has 1 aromatic heterocycles. The Labute approximate surface area is 148 Å². The van der Waals surface area contributed by atoms with Crippen LogP contribution in [0.2, 0.25) is 0 Å². The van der Waals surface area contributed by atoms with Crippen LogP contribution in [0.4, 0.5) is 0 Å². The van der Waals surface area contributed by atoms with Crippen LogP contribution in [-0.2, 0) is 0 Å². The minimum absolute atomic E-state index is 0.00213. The molecule has 3 aliphatic heterocycles. The van der Waals surface area contributed by atoms with Gasteiger partial charge in [0, 0.05) is 23.8 Å². The fourth-order valence-electron chi connectivity index (χ4n) is 3.71. The summed E-state index contributed by atoms with van der Waals surface area (Å²) in [6, 6.07) is 11.4. The number of pyridine rings is 1. The summed E-state index contributed by atoms with van der Waals surface area (Å²) in [5.74, 6) is 2.02. The number of carbonyl (C=O) groups is 1. The van der Waals surface area contributed by atoms with Gasteiger partial charge < -0.3 is 15.0 Å². The first kappa shape index (κ1) is 16.1. The number of benzene rings is 1. The third-order valence-electron chi connectivity index (χ3n) is 5.21. The number of amides is 1. The van der Waals surface area contributed by atoms with Gasteiger partial charge in [-0.2, -0.15) is 0 Å². The second kappa shape index (κ2) is 6.84. The van der Waals surface area contributed by atoms with Crippen LogP contribution in [0.5, 0.6) is 11.5 Å². The van der Waals surface area contributed by atoms with Gasteiger partial charge in [-0.3, -0.25) is 9.78 Å². The number of aromatic nitrogens is 1. The SMILES string of the molecule is Cc1ccc(Oc2ccc(C(=O)N[C@H]3CN4CCC3CC4)cc2)cn1. The molecule has 3 aliphatic rings. The van der Waals surface area contributed by atoms with Gasteiger partial charge >= 0.3 is 0 Å². The highest BCUT2D eigenvalue weighted by molar-refractivity contribution is 5.94. The second-order valence-electron chi connectivity index (χ2n) is 6.98. The summed E-state index contributed by atoms with van der Waals surface area (Å²) >= 11 is 0. The lowest BCUT2D eigenvalue weighted by Crippen LogP contribution is -2.57. The first-order valence-corrected chi connectivity index (χ1v) is 8.91. The number of piperidine rings is 3. The van der Waals surface area contributed by atoms with Crippen molar-refractivity contribution < 1.29 is 9.53 Å². The largest absolute Gasteiger partial charge is 0.456 e. The van der Waals surface area contributed by atoms with E-state index in [-0.39, 0.29) is 11.9 Å². The fraction of sp³-hybridized carbons (Fsp3) is 0.400. The van der Waals surface area contributed by atoms with Crippen LogP contribution in [-0.4, -0.2) is 41.5 Å². The zero-order valence-corrected chi connectivity index (χ0v) is 14.4. The molecule has 5 nitrogen and oxygen atoms in total. The van der Waals surface area contributed by atoms with Crippen LogP contribution in [0.1, 0.15) is 28.9 Å². The Bertz CT molecular complexity index is 735. The van der Waals surface area contributed by atoms with Gasteiger partial charge in [0.05, 0.1) is 6.20 Å². The highest BCUT2D eigenvalue weighted by Crippen LogP contribution is 2.28. The fourth-order valence-corrected chi connectivity index (χ4v) is 3.71. The summed E-state index contributed by atoms with van der Waals surface area (Å²) in [6.07, 6.45) is 4.09. The van der Waals surface area contributed by atoms with E-state index in [0.717, 1.165) is 12.2 Å². The van der Waals surface area contributed by atoms with Crippen LogP contribution >= 0.6 is 0 Å². The van der Waals surface area contributed by atoms with E-state index in [2.05, 4.69) is 15.2 Å². The molecule has 1 aromatic carbocycles. The van der Waals surface area contributed by atoms with Crippen molar-refractivity contribution in [3.63, 3.8) is 0 Å². The molecule has 4 heterocycles. The number of rotatable bonds is 4. The molecule has 1 amide bonds. The second-order valence-corrected chi connectivity index (χ2v) is 6.98. The van der Waals surface area contributed by atoms with Crippen LogP contribution in [0.25, 0.3) is 0 Å². The van der Waals surface area contributed by atoms with Crippen LogP contribution < -0.4 is 10.1 Å². The van der Waals surface area contributed by atoms with E-state index < -0.39 is 0 Å². The Morgan fingerprint density at radius 1 is 1.12 bits per heavy atom. The average Bonchev–Trinajstić information content (AvgIpc) is 2.65. The topological polar surface area (TPSA) is 54.5 Å². The Balaban J connectivity index is 1.38. The zero-order chi connectivity index (χ0) is 17.2. The molecule has 2 bridgehead atoms. The maximum absolute atomic E-state index is 12.5. The van der Waals surface area contributed by atoms with Crippen molar-refractivity contribution in [3.05, 3.63) is 53.9 Å². The van der Waals surface area contributed by atoms with Crippen molar-refractivity contribution in [2.45, 2.75) is 25.8 Å². The standard InChI is InChI=1S/C20H23N3O2/c1-14-2-5-18(12-21-14)25-17-6-3-16(4-7-17)20(24)22-19-13-23-10-8-15(19)9-11-23/h2-7,12,15,19H,8-11,13H2,1H3,(H,22,24)/t19-/m0/s1. The van der Waals surface area contributed by atoms with Gasteiger partial charge in [0.1, 0.15) is 11.5 Å². The first-order valence-electron chi connectivity index (χ1n) is 8.91. The molecule has 2 aromatic rings. The highest BCUT2D eigenvalue weighted by atomic mass is 16.5. The van der Waals surface area contributed by atoms with Gasteiger partial charge in [0.25, 0.3) is 5.91 Å². The number of hydrogen-bond donors (Lipinski definition) is 1. The monoisotopic (exact) mass is 337 g/mol. The number of hydrogen-bond acceptors (Lipinski definition) is 4. The summed E-state index contributed by atoms with van der Waals surface area (Å²) in [6.45, 7) is 5.28. The van der Waals surface area contributed by atoms with E-state index >= 15 is 0 Å². The van der Waals surface area contributed by atoms with Crippen molar-refractivity contribution in [2.24, 2.45) is 5.92 Å². The van der Waals surface area contributed by atoms with Crippen molar-refractivity contribution in [3.8, 4) is 11.5 Å². The minimum atomic E-state index is 0.00213. The molecule has 0 spiro atoms. The van der Waals surface area contributed by atoms with Crippen molar-refractivity contribution in [2.75, 3.05) is 19.6 Å². The number of aryl methyl sites for hydroxylation is 1. The van der Waals surface area contributed by atoms with Crippen molar-refractivity contribution in [1.29, 1.82) is 0 Å². The molecule has 0 saturated carbocycles. The lowest BCUT2D eigenvalue weighted by molar-refractivity contribution is 0.0620. The number of carbonyl (C=O) groups excluding carboxylic acids is 1. The predicted molar refractivity (Wildman–Crippen MR) is 95.9 cm³/mol. The quantitative estimate of drug-likeness (QED) is 0.932. The van der Waals surface area contributed by atoms with Crippen molar-refractivity contribution >= 4 is 5.91 Å². The van der Waals surface area contributed by atoms with E-state index in [1.54, 1.807) is 6.20 Å². The van der Waals surface area contributed by atoms with Gasteiger partial charge in [0.2, 0.25) is 0 Å². The lowest BCUT2D eigenvalue weighted by Gasteiger charge is -2.44. The Hall–Kier alpha value is -2.40. The van der Waals surface area contributed by atoms with Crippen molar-refractivity contribution in [1.82, 2.24) is 15.2 Å². The summed E-state index contributed by atoms with van der Waals surface area (Å²) in [5.41, 5.74) is 1.62. The van der Waals surface area contributed by atoms with E-state index in [0.29, 0.717) is 23.0 Å². The molecule has 0 radical (unpaired) electrons. The lowest BCUT2D eigenvalue weighted by atomic mass is 9.84. The van der Waals surface area contributed by atoms with Gasteiger partial charge in [-0.25, -0.2) is 0 Å². The van der Waals surface area contributed by atoms with E-state index in [1.807, 2.05) is 43.3 Å². The van der Waals surface area contributed by atoms with E-state index in [9.17, 15) is 4.79 Å². The Morgan fingerprint density at radius 2 is 1.84 bits per heavy atom. The molecule has 3 saturated heterocycles. The first-order chi connectivity index (χ1) is 12.2. The third-order valence-corrected chi connectivity index (χ3v) is 5.21. The normalized spacial score (nSPS) is 24.8. The molecule has 0 aliphatic carbocycles. The van der Waals surface area contributed by atoms with Crippen LogP contribution in [0.15, 0.2) is 42.6 Å². The Morgan fingerprint density at radius 3 is 2.44 bits per heavy atom. The van der Waals surface area contributed by atoms with E-state index in [4.69, 9.17) is 4.74 Å². The molecule has 25 heavy (non-hydrogen) atoms.